The summed E-state index contributed by atoms with van der Waals surface area (Å²) < 4.78 is 2.58. The first kappa shape index (κ1) is 17.2. The maximum absolute atomic E-state index is 12.7. The molecule has 27 heavy (non-hydrogen) atoms. The van der Waals surface area contributed by atoms with Gasteiger partial charge in [0.2, 0.25) is 0 Å². The maximum Gasteiger partial charge on any atom is 0.256 e. The SMILES string of the molecule is O=C(Nc1cc(-c2ccncc2)nn1-c1ccccc1)c1cccc(Br)c1. The lowest BCUT2D eigenvalue weighted by Crippen LogP contribution is -2.15. The molecule has 4 rings (SSSR count). The Bertz CT molecular complexity index is 1080. The zero-order valence-corrected chi connectivity index (χ0v) is 15.8. The van der Waals surface area contributed by atoms with E-state index < -0.39 is 0 Å². The summed E-state index contributed by atoms with van der Waals surface area (Å²) in [6.45, 7) is 0. The van der Waals surface area contributed by atoms with E-state index in [-0.39, 0.29) is 5.91 Å². The molecule has 6 heteroatoms. The normalized spacial score (nSPS) is 10.6. The number of carbonyl (C=O) groups excluding carboxylic acids is 1. The van der Waals surface area contributed by atoms with Crippen molar-refractivity contribution in [2.24, 2.45) is 0 Å². The molecule has 2 aromatic heterocycles. The molecule has 0 fully saturated rings. The highest BCUT2D eigenvalue weighted by atomic mass is 79.9. The highest BCUT2D eigenvalue weighted by Gasteiger charge is 2.15. The van der Waals surface area contributed by atoms with E-state index in [9.17, 15) is 4.79 Å². The van der Waals surface area contributed by atoms with Gasteiger partial charge in [0, 0.05) is 34.1 Å². The van der Waals surface area contributed by atoms with Gasteiger partial charge in [-0.2, -0.15) is 5.10 Å². The van der Waals surface area contributed by atoms with E-state index in [0.717, 1.165) is 21.4 Å². The van der Waals surface area contributed by atoms with Gasteiger partial charge in [0.1, 0.15) is 5.82 Å². The molecule has 1 N–H and O–H groups in total. The number of halogens is 1. The molecule has 0 aliphatic heterocycles. The summed E-state index contributed by atoms with van der Waals surface area (Å²) in [6.07, 6.45) is 3.44. The third-order valence-electron chi connectivity index (χ3n) is 4.01. The fourth-order valence-corrected chi connectivity index (χ4v) is 3.12. The lowest BCUT2D eigenvalue weighted by Gasteiger charge is -2.09. The fraction of sp³-hybridized carbons (Fsp3) is 0. The van der Waals surface area contributed by atoms with Crippen LogP contribution in [0.1, 0.15) is 10.4 Å². The van der Waals surface area contributed by atoms with Crippen molar-refractivity contribution in [1.82, 2.24) is 14.8 Å². The van der Waals surface area contributed by atoms with E-state index in [2.05, 4.69) is 31.3 Å². The first-order valence-electron chi connectivity index (χ1n) is 8.33. The van der Waals surface area contributed by atoms with Crippen molar-refractivity contribution >= 4 is 27.7 Å². The Kier molecular flexibility index (Phi) is 4.80. The van der Waals surface area contributed by atoms with E-state index in [1.54, 1.807) is 29.2 Å². The minimum absolute atomic E-state index is 0.199. The zero-order chi connectivity index (χ0) is 18.6. The summed E-state index contributed by atoms with van der Waals surface area (Å²) in [4.78, 5) is 16.8. The molecule has 0 unspecified atom stereocenters. The number of aromatic nitrogens is 3. The number of benzene rings is 2. The van der Waals surface area contributed by atoms with Crippen LogP contribution in [0, 0.1) is 0 Å². The highest BCUT2D eigenvalue weighted by molar-refractivity contribution is 9.10. The van der Waals surface area contributed by atoms with E-state index in [4.69, 9.17) is 0 Å². The average Bonchev–Trinajstić information content (AvgIpc) is 3.13. The molecular formula is C21H15BrN4O. The second kappa shape index (κ2) is 7.55. The number of pyridine rings is 1. The molecular weight excluding hydrogens is 404 g/mol. The number of amides is 1. The van der Waals surface area contributed by atoms with Crippen molar-refractivity contribution in [1.29, 1.82) is 0 Å². The molecule has 2 aromatic carbocycles. The standard InChI is InChI=1S/C21H15BrN4O/c22-17-6-4-5-16(13-17)21(27)24-20-14-19(15-9-11-23-12-10-15)25-26(20)18-7-2-1-3-8-18/h1-14H,(H,24,27). The number of nitrogens with one attached hydrogen (secondary N) is 1. The largest absolute Gasteiger partial charge is 0.306 e. The summed E-state index contributed by atoms with van der Waals surface area (Å²) in [5.41, 5.74) is 3.11. The molecule has 0 radical (unpaired) electrons. The quantitative estimate of drug-likeness (QED) is 0.509. The molecule has 0 aliphatic rings. The topological polar surface area (TPSA) is 59.8 Å². The van der Waals surface area contributed by atoms with E-state index >= 15 is 0 Å². The summed E-state index contributed by atoms with van der Waals surface area (Å²) >= 11 is 3.40. The summed E-state index contributed by atoms with van der Waals surface area (Å²) in [5, 5.41) is 7.65. The summed E-state index contributed by atoms with van der Waals surface area (Å²) in [5.74, 6) is 0.396. The van der Waals surface area contributed by atoms with E-state index in [1.165, 1.54) is 0 Å². The van der Waals surface area contributed by atoms with Gasteiger partial charge in [-0.3, -0.25) is 9.78 Å². The number of nitrogens with zero attached hydrogens (tertiary/aromatic N) is 3. The van der Waals surface area contributed by atoms with Crippen LogP contribution in [0.5, 0.6) is 0 Å². The minimum atomic E-state index is -0.199. The molecule has 0 aliphatic carbocycles. The lowest BCUT2D eigenvalue weighted by atomic mass is 10.2. The zero-order valence-electron chi connectivity index (χ0n) is 14.2. The van der Waals surface area contributed by atoms with Crippen LogP contribution in [0.15, 0.2) is 89.7 Å². The summed E-state index contributed by atoms with van der Waals surface area (Å²) in [7, 11) is 0. The van der Waals surface area contributed by atoms with Gasteiger partial charge in [-0.15, -0.1) is 0 Å². The third kappa shape index (κ3) is 3.80. The minimum Gasteiger partial charge on any atom is -0.306 e. The Morgan fingerprint density at radius 2 is 1.70 bits per heavy atom. The fourth-order valence-electron chi connectivity index (χ4n) is 2.72. The lowest BCUT2D eigenvalue weighted by molar-refractivity contribution is 0.102. The second-order valence-electron chi connectivity index (χ2n) is 5.86. The van der Waals surface area contributed by atoms with Gasteiger partial charge < -0.3 is 5.32 Å². The number of hydrogen-bond donors (Lipinski definition) is 1. The second-order valence-corrected chi connectivity index (χ2v) is 6.78. The average molecular weight is 419 g/mol. The predicted molar refractivity (Wildman–Crippen MR) is 109 cm³/mol. The van der Waals surface area contributed by atoms with Crippen molar-refractivity contribution in [3.8, 4) is 16.9 Å². The van der Waals surface area contributed by atoms with E-state index in [1.807, 2.05) is 60.7 Å². The van der Waals surface area contributed by atoms with Crippen molar-refractivity contribution in [3.05, 3.63) is 95.2 Å². The van der Waals surface area contributed by atoms with Crippen molar-refractivity contribution < 1.29 is 4.79 Å². The number of rotatable bonds is 4. The van der Waals surface area contributed by atoms with Crippen LogP contribution in [0.4, 0.5) is 5.82 Å². The smallest absolute Gasteiger partial charge is 0.256 e. The van der Waals surface area contributed by atoms with Gasteiger partial charge >= 0.3 is 0 Å². The van der Waals surface area contributed by atoms with Gasteiger partial charge in [0.05, 0.1) is 11.4 Å². The van der Waals surface area contributed by atoms with Crippen LogP contribution < -0.4 is 5.32 Å². The highest BCUT2D eigenvalue weighted by Crippen LogP contribution is 2.25. The first-order chi connectivity index (χ1) is 13.2. The predicted octanol–water partition coefficient (Wildman–Crippen LogP) is 4.95. The van der Waals surface area contributed by atoms with Crippen LogP contribution in [0.2, 0.25) is 0 Å². The van der Waals surface area contributed by atoms with Crippen LogP contribution >= 0.6 is 15.9 Å². The molecule has 0 spiro atoms. The van der Waals surface area contributed by atoms with Gasteiger partial charge in [0.15, 0.2) is 0 Å². The van der Waals surface area contributed by atoms with Crippen LogP contribution in [0.25, 0.3) is 16.9 Å². The van der Waals surface area contributed by atoms with Crippen molar-refractivity contribution in [2.45, 2.75) is 0 Å². The van der Waals surface area contributed by atoms with Gasteiger partial charge in [-0.25, -0.2) is 4.68 Å². The Morgan fingerprint density at radius 1 is 0.926 bits per heavy atom. The molecule has 0 atom stereocenters. The Morgan fingerprint density at radius 3 is 2.44 bits per heavy atom. The number of para-hydroxylation sites is 1. The summed E-state index contributed by atoms with van der Waals surface area (Å²) in [6, 6.07) is 22.6. The number of carbonyl (C=O) groups is 1. The van der Waals surface area contributed by atoms with E-state index in [0.29, 0.717) is 11.4 Å². The Balaban J connectivity index is 1.74. The molecule has 132 valence electrons. The van der Waals surface area contributed by atoms with Gasteiger partial charge in [0.25, 0.3) is 5.91 Å². The van der Waals surface area contributed by atoms with Gasteiger partial charge in [-0.05, 0) is 42.5 Å². The van der Waals surface area contributed by atoms with Crippen LogP contribution in [0.3, 0.4) is 0 Å². The monoisotopic (exact) mass is 418 g/mol. The molecule has 1 amide bonds. The molecule has 4 aromatic rings. The Hall–Kier alpha value is -3.25. The molecule has 0 saturated heterocycles. The molecule has 0 saturated carbocycles. The molecule has 2 heterocycles. The maximum atomic E-state index is 12.7. The van der Waals surface area contributed by atoms with Crippen molar-refractivity contribution in [2.75, 3.05) is 5.32 Å². The van der Waals surface area contributed by atoms with Crippen LogP contribution in [-0.4, -0.2) is 20.7 Å². The number of hydrogen-bond acceptors (Lipinski definition) is 3. The number of anilines is 1. The Labute approximate surface area is 164 Å². The van der Waals surface area contributed by atoms with Crippen LogP contribution in [-0.2, 0) is 0 Å². The third-order valence-corrected chi connectivity index (χ3v) is 4.51. The molecule has 0 bridgehead atoms. The van der Waals surface area contributed by atoms with Gasteiger partial charge in [-0.1, -0.05) is 40.2 Å². The molecule has 5 nitrogen and oxygen atoms in total. The first-order valence-corrected chi connectivity index (χ1v) is 9.13. The van der Waals surface area contributed by atoms with Crippen molar-refractivity contribution in [3.63, 3.8) is 0 Å².